The van der Waals surface area contributed by atoms with Crippen LogP contribution in [-0.4, -0.2) is 10.4 Å². The fourth-order valence-electron chi connectivity index (χ4n) is 7.96. The molecule has 6 heteroatoms. The third kappa shape index (κ3) is 4.58. The minimum absolute atomic E-state index is 0.128. The van der Waals surface area contributed by atoms with Gasteiger partial charge in [-0.3, -0.25) is 5.32 Å². The zero-order valence-corrected chi connectivity index (χ0v) is 29.0. The molecule has 4 nitrogen and oxygen atoms in total. The molecule has 7 aromatic carbocycles. The van der Waals surface area contributed by atoms with Crippen LogP contribution in [0.1, 0.15) is 29.0 Å². The van der Waals surface area contributed by atoms with E-state index in [-0.39, 0.29) is 12.3 Å². The predicted octanol–water partition coefficient (Wildman–Crippen LogP) is 11.9. The fourth-order valence-corrected chi connectivity index (χ4v) is 10.3. The van der Waals surface area contributed by atoms with Crippen molar-refractivity contribution in [2.45, 2.75) is 12.3 Å². The van der Waals surface area contributed by atoms with Gasteiger partial charge in [-0.15, -0.1) is 22.7 Å². The van der Waals surface area contributed by atoms with Crippen LogP contribution in [0.25, 0.3) is 67.8 Å². The van der Waals surface area contributed by atoms with Crippen LogP contribution in [0.2, 0.25) is 0 Å². The van der Waals surface area contributed by atoms with E-state index in [1.807, 2.05) is 22.7 Å². The summed E-state index contributed by atoms with van der Waals surface area (Å²) in [5.74, 6) is 0.899. The van der Waals surface area contributed by atoms with Gasteiger partial charge in [-0.1, -0.05) is 115 Å². The van der Waals surface area contributed by atoms with Crippen LogP contribution in [0.4, 0.5) is 0 Å². The largest absolute Gasteiger partial charge is 0.350 e. The molecule has 0 radical (unpaired) electrons. The smallest absolute Gasteiger partial charge is 0.131 e. The zero-order valence-electron chi connectivity index (χ0n) is 27.4. The molecule has 1 aliphatic rings. The number of amidine groups is 1. The first-order valence-electron chi connectivity index (χ1n) is 17.3. The van der Waals surface area contributed by atoms with Crippen LogP contribution < -0.4 is 10.6 Å². The molecule has 2 atom stereocenters. The SMILES string of the molecule is c1ccc(C2=NC(c3ccccc3)NC(c3cccc4sc5cc6c(cc5c34)sc3cc(-n4c5ccccc5c5ccccc54)ccc36)N2)cc1. The molecule has 0 amide bonds. The first-order chi connectivity index (χ1) is 25.3. The molecule has 11 rings (SSSR count). The number of nitrogens with zero attached hydrogens (tertiary/aromatic N) is 2. The van der Waals surface area contributed by atoms with Gasteiger partial charge in [0, 0.05) is 62.4 Å². The van der Waals surface area contributed by atoms with Gasteiger partial charge in [0.1, 0.15) is 18.2 Å². The Morgan fingerprint density at radius 2 is 1.16 bits per heavy atom. The Balaban J connectivity index is 1.06. The maximum Gasteiger partial charge on any atom is 0.131 e. The highest BCUT2D eigenvalue weighted by molar-refractivity contribution is 7.27. The molecule has 4 heterocycles. The molecule has 242 valence electrons. The number of hydrogen-bond donors (Lipinski definition) is 2. The van der Waals surface area contributed by atoms with Gasteiger partial charge in [-0.2, -0.15) is 0 Å². The summed E-state index contributed by atoms with van der Waals surface area (Å²) in [6, 6.07) is 57.0. The molecule has 0 saturated carbocycles. The molecule has 2 unspecified atom stereocenters. The second-order valence-corrected chi connectivity index (χ2v) is 15.4. The summed E-state index contributed by atoms with van der Waals surface area (Å²) in [6.07, 6.45) is -0.304. The number of aromatic nitrogens is 1. The number of benzene rings is 7. The Kier molecular flexibility index (Phi) is 6.46. The quantitative estimate of drug-likeness (QED) is 0.193. The molecule has 0 spiro atoms. The highest BCUT2D eigenvalue weighted by Crippen LogP contribution is 2.45. The van der Waals surface area contributed by atoms with Crippen LogP contribution >= 0.6 is 22.7 Å². The van der Waals surface area contributed by atoms with Gasteiger partial charge in [-0.05, 0) is 53.6 Å². The van der Waals surface area contributed by atoms with Crippen molar-refractivity contribution in [3.8, 4) is 5.69 Å². The van der Waals surface area contributed by atoms with Gasteiger partial charge < -0.3 is 9.88 Å². The van der Waals surface area contributed by atoms with Crippen LogP contribution in [0.15, 0.2) is 163 Å². The molecule has 0 bridgehead atoms. The van der Waals surface area contributed by atoms with Gasteiger partial charge in [-0.25, -0.2) is 4.99 Å². The van der Waals surface area contributed by atoms with Crippen LogP contribution in [-0.2, 0) is 0 Å². The number of thiophene rings is 2. The van der Waals surface area contributed by atoms with Crippen LogP contribution in [0.3, 0.4) is 0 Å². The van der Waals surface area contributed by atoms with Crippen molar-refractivity contribution >= 4 is 90.7 Å². The van der Waals surface area contributed by atoms with Crippen molar-refractivity contribution < 1.29 is 0 Å². The van der Waals surface area contributed by atoms with E-state index < -0.39 is 0 Å². The fraction of sp³-hybridized carbons (Fsp3) is 0.0444. The van der Waals surface area contributed by atoms with E-state index in [0.29, 0.717) is 0 Å². The van der Waals surface area contributed by atoms with Gasteiger partial charge in [0.2, 0.25) is 0 Å². The number of rotatable bonds is 4. The van der Waals surface area contributed by atoms with Crippen molar-refractivity contribution in [3.63, 3.8) is 0 Å². The van der Waals surface area contributed by atoms with Crippen LogP contribution in [0, 0.1) is 0 Å². The summed E-state index contributed by atoms with van der Waals surface area (Å²) in [7, 11) is 0. The Hall–Kier alpha value is -5.79. The van der Waals surface area contributed by atoms with E-state index in [1.165, 1.54) is 73.4 Å². The molecule has 0 aliphatic carbocycles. The summed E-state index contributed by atoms with van der Waals surface area (Å²) in [5.41, 5.74) is 7.13. The maximum atomic E-state index is 5.15. The predicted molar refractivity (Wildman–Crippen MR) is 218 cm³/mol. The lowest BCUT2D eigenvalue weighted by atomic mass is 10.0. The molecular weight excluding hydrogens is 661 g/mol. The summed E-state index contributed by atoms with van der Waals surface area (Å²) in [5, 5.41) is 15.4. The Morgan fingerprint density at radius 1 is 0.510 bits per heavy atom. The molecule has 0 fully saturated rings. The van der Waals surface area contributed by atoms with Crippen molar-refractivity contribution in [1.82, 2.24) is 15.2 Å². The highest BCUT2D eigenvalue weighted by atomic mass is 32.1. The third-order valence-corrected chi connectivity index (χ3v) is 12.5. The molecule has 51 heavy (non-hydrogen) atoms. The Bertz CT molecular complexity index is 2940. The number of aliphatic imine (C=N–C) groups is 1. The van der Waals surface area contributed by atoms with Gasteiger partial charge in [0.25, 0.3) is 0 Å². The Morgan fingerprint density at radius 3 is 1.94 bits per heavy atom. The number of fused-ring (bicyclic) bond motifs is 9. The van der Waals surface area contributed by atoms with Gasteiger partial charge >= 0.3 is 0 Å². The topological polar surface area (TPSA) is 41.4 Å². The second kappa shape index (κ2) is 11.4. The molecule has 3 aromatic heterocycles. The Labute approximate surface area is 301 Å². The number of para-hydroxylation sites is 2. The summed E-state index contributed by atoms with van der Waals surface area (Å²) in [6.45, 7) is 0. The zero-order chi connectivity index (χ0) is 33.5. The standard InChI is InChI=1S/C45H30N4S2/c1-3-12-27(13-4-1)43-46-44(28-14-5-2-6-15-28)48-45(47-43)33-18-11-21-38-42(33)35-26-40-34(25-41(35)50-38)32-23-22-29(24-39(32)51-40)49-36-19-9-7-16-30(36)31-17-8-10-20-37(31)49/h1-26,43,45,47H,(H,46,48). The van der Waals surface area contributed by atoms with E-state index in [2.05, 4.69) is 173 Å². The minimum Gasteiger partial charge on any atom is -0.350 e. The first-order valence-corrected chi connectivity index (χ1v) is 18.9. The van der Waals surface area contributed by atoms with E-state index >= 15 is 0 Å². The lowest BCUT2D eigenvalue weighted by Crippen LogP contribution is -2.45. The van der Waals surface area contributed by atoms with Crippen molar-refractivity contribution in [3.05, 3.63) is 174 Å². The number of hydrogen-bond acceptors (Lipinski definition) is 5. The van der Waals surface area contributed by atoms with E-state index in [1.54, 1.807) is 0 Å². The monoisotopic (exact) mass is 690 g/mol. The summed E-state index contributed by atoms with van der Waals surface area (Å²) in [4.78, 5) is 5.15. The molecule has 10 aromatic rings. The van der Waals surface area contributed by atoms with Crippen molar-refractivity contribution in [2.24, 2.45) is 4.99 Å². The molecule has 1 aliphatic heterocycles. The molecular formula is C45H30N4S2. The summed E-state index contributed by atoms with van der Waals surface area (Å²) >= 11 is 3.77. The van der Waals surface area contributed by atoms with E-state index in [9.17, 15) is 0 Å². The van der Waals surface area contributed by atoms with Gasteiger partial charge in [0.15, 0.2) is 0 Å². The lowest BCUT2D eigenvalue weighted by molar-refractivity contribution is 0.411. The van der Waals surface area contributed by atoms with Gasteiger partial charge in [0.05, 0.1) is 11.0 Å². The second-order valence-electron chi connectivity index (χ2n) is 13.2. The first kappa shape index (κ1) is 29.0. The average molecular weight is 691 g/mol. The maximum absolute atomic E-state index is 5.15. The van der Waals surface area contributed by atoms with Crippen LogP contribution in [0.5, 0.6) is 0 Å². The molecule has 0 saturated heterocycles. The highest BCUT2D eigenvalue weighted by Gasteiger charge is 2.27. The molecule has 2 N–H and O–H groups in total. The third-order valence-electron chi connectivity index (χ3n) is 10.3. The lowest BCUT2D eigenvalue weighted by Gasteiger charge is -2.32. The summed E-state index contributed by atoms with van der Waals surface area (Å²) < 4.78 is 7.62. The minimum atomic E-state index is -0.175. The van der Waals surface area contributed by atoms with E-state index in [0.717, 1.165) is 17.0 Å². The normalized spacial score (nSPS) is 16.4. The van der Waals surface area contributed by atoms with Crippen molar-refractivity contribution in [2.75, 3.05) is 0 Å². The number of nitrogens with one attached hydrogen (secondary N) is 2. The van der Waals surface area contributed by atoms with Crippen molar-refractivity contribution in [1.29, 1.82) is 0 Å². The average Bonchev–Trinajstić information content (AvgIpc) is 3.86. The van der Waals surface area contributed by atoms with E-state index in [4.69, 9.17) is 4.99 Å².